The van der Waals surface area contributed by atoms with Gasteiger partial charge in [-0.2, -0.15) is 18.3 Å². The first-order chi connectivity index (χ1) is 11.0. The number of hydrogen-bond donors (Lipinski definition) is 0. The van der Waals surface area contributed by atoms with Gasteiger partial charge in [0.2, 0.25) is 0 Å². The lowest BCUT2D eigenvalue weighted by Gasteiger charge is -2.24. The van der Waals surface area contributed by atoms with Crippen LogP contribution in [0.25, 0.3) is 11.3 Å². The Hall–Kier alpha value is -1.43. The Kier molecular flexibility index (Phi) is 4.71. The zero-order valence-corrected chi connectivity index (χ0v) is 13.8. The maximum atomic E-state index is 13.1. The fourth-order valence-corrected chi connectivity index (χ4v) is 3.52. The second kappa shape index (κ2) is 6.59. The average molecular weight is 340 g/mol. The van der Waals surface area contributed by atoms with Crippen LogP contribution in [0.2, 0.25) is 0 Å². The van der Waals surface area contributed by atoms with E-state index in [1.54, 1.807) is 16.4 Å². The summed E-state index contributed by atoms with van der Waals surface area (Å²) < 4.78 is 40.9. The molecule has 0 amide bonds. The summed E-state index contributed by atoms with van der Waals surface area (Å²) in [6.07, 6.45) is 2.62. The van der Waals surface area contributed by atoms with Crippen LogP contribution in [0, 0.1) is 0 Å². The number of benzene rings is 1. The maximum Gasteiger partial charge on any atom is 0.435 e. The van der Waals surface area contributed by atoms with E-state index in [9.17, 15) is 13.2 Å². The number of hydrogen-bond acceptors (Lipinski definition) is 2. The lowest BCUT2D eigenvalue weighted by molar-refractivity contribution is -0.141. The molecule has 2 aromatic rings. The fourth-order valence-electron chi connectivity index (χ4n) is 3.11. The van der Waals surface area contributed by atoms with E-state index in [0.29, 0.717) is 5.69 Å². The van der Waals surface area contributed by atoms with Crippen LogP contribution in [0.5, 0.6) is 0 Å². The summed E-state index contributed by atoms with van der Waals surface area (Å²) in [6, 6.07) is 8.87. The molecule has 1 saturated carbocycles. The van der Waals surface area contributed by atoms with E-state index in [1.807, 2.05) is 30.5 Å². The molecule has 124 valence electrons. The third-order valence-corrected chi connectivity index (χ3v) is 5.08. The Morgan fingerprint density at radius 3 is 2.30 bits per heavy atom. The molecular formula is C17H19F3N2S. The van der Waals surface area contributed by atoms with Crippen LogP contribution in [0.3, 0.4) is 0 Å². The molecule has 1 fully saturated rings. The SMILES string of the molecule is CSc1ccc(-c2cc(C(F)(F)F)nn2C2CCCCC2)cc1. The summed E-state index contributed by atoms with van der Waals surface area (Å²) in [4.78, 5) is 1.09. The molecule has 1 aromatic carbocycles. The topological polar surface area (TPSA) is 17.8 Å². The molecule has 0 aliphatic heterocycles. The summed E-state index contributed by atoms with van der Waals surface area (Å²) in [5.41, 5.74) is 0.556. The van der Waals surface area contributed by atoms with Gasteiger partial charge in [-0.05, 0) is 42.9 Å². The molecule has 0 atom stereocenters. The number of nitrogens with zero attached hydrogens (tertiary/aromatic N) is 2. The minimum atomic E-state index is -4.41. The van der Waals surface area contributed by atoms with Crippen molar-refractivity contribution in [2.45, 2.75) is 49.2 Å². The molecule has 1 aromatic heterocycles. The van der Waals surface area contributed by atoms with Gasteiger partial charge >= 0.3 is 6.18 Å². The second-order valence-corrected chi connectivity index (χ2v) is 6.76. The first kappa shape index (κ1) is 16.4. The van der Waals surface area contributed by atoms with Crippen molar-refractivity contribution in [3.63, 3.8) is 0 Å². The van der Waals surface area contributed by atoms with Gasteiger partial charge in [0, 0.05) is 4.90 Å². The van der Waals surface area contributed by atoms with E-state index in [2.05, 4.69) is 5.10 Å². The predicted octanol–water partition coefficient (Wildman–Crippen LogP) is 5.80. The van der Waals surface area contributed by atoms with Crippen molar-refractivity contribution < 1.29 is 13.2 Å². The minimum absolute atomic E-state index is 0.0649. The van der Waals surface area contributed by atoms with Crippen molar-refractivity contribution in [2.24, 2.45) is 0 Å². The number of alkyl halides is 3. The van der Waals surface area contributed by atoms with Crippen molar-refractivity contribution in [3.8, 4) is 11.3 Å². The second-order valence-electron chi connectivity index (χ2n) is 5.88. The van der Waals surface area contributed by atoms with Gasteiger partial charge in [-0.3, -0.25) is 4.68 Å². The predicted molar refractivity (Wildman–Crippen MR) is 86.6 cm³/mol. The third-order valence-electron chi connectivity index (χ3n) is 4.33. The molecule has 0 spiro atoms. The highest BCUT2D eigenvalue weighted by atomic mass is 32.2. The molecule has 2 nitrogen and oxygen atoms in total. The summed E-state index contributed by atoms with van der Waals surface area (Å²) >= 11 is 1.61. The quantitative estimate of drug-likeness (QED) is 0.658. The molecule has 0 saturated heterocycles. The summed E-state index contributed by atoms with van der Waals surface area (Å²) in [5.74, 6) is 0. The first-order valence-corrected chi connectivity index (χ1v) is 9.02. The maximum absolute atomic E-state index is 13.1. The largest absolute Gasteiger partial charge is 0.435 e. The lowest BCUT2D eigenvalue weighted by Crippen LogP contribution is -2.16. The monoisotopic (exact) mass is 340 g/mol. The highest BCUT2D eigenvalue weighted by Crippen LogP contribution is 2.37. The van der Waals surface area contributed by atoms with Gasteiger partial charge in [0.1, 0.15) is 0 Å². The van der Waals surface area contributed by atoms with Gasteiger partial charge in [0.15, 0.2) is 5.69 Å². The standard InChI is InChI=1S/C17H19F3N2S/c1-23-14-9-7-12(8-10-14)15-11-16(17(18,19)20)21-22(15)13-5-3-2-4-6-13/h7-11,13H,2-6H2,1H3. The van der Waals surface area contributed by atoms with E-state index in [1.165, 1.54) is 6.07 Å². The van der Waals surface area contributed by atoms with Crippen LogP contribution in [0.1, 0.15) is 43.8 Å². The molecule has 1 aliphatic carbocycles. The van der Waals surface area contributed by atoms with Crippen molar-refractivity contribution >= 4 is 11.8 Å². The lowest BCUT2D eigenvalue weighted by atomic mass is 9.95. The van der Waals surface area contributed by atoms with E-state index in [4.69, 9.17) is 0 Å². The fraction of sp³-hybridized carbons (Fsp3) is 0.471. The van der Waals surface area contributed by atoms with E-state index >= 15 is 0 Å². The van der Waals surface area contributed by atoms with Crippen LogP contribution in [0.4, 0.5) is 13.2 Å². The smallest absolute Gasteiger partial charge is 0.261 e. The van der Waals surface area contributed by atoms with E-state index in [0.717, 1.165) is 42.6 Å². The zero-order valence-electron chi connectivity index (χ0n) is 12.9. The Morgan fingerprint density at radius 1 is 1.09 bits per heavy atom. The third kappa shape index (κ3) is 3.57. The van der Waals surface area contributed by atoms with Crippen LogP contribution in [-0.4, -0.2) is 16.0 Å². The molecule has 3 rings (SSSR count). The Labute approximate surface area is 138 Å². The van der Waals surface area contributed by atoms with Gasteiger partial charge < -0.3 is 0 Å². The normalized spacial score (nSPS) is 16.7. The summed E-state index contributed by atoms with van der Waals surface area (Å²) in [7, 11) is 0. The van der Waals surface area contributed by atoms with Gasteiger partial charge in [0.05, 0.1) is 11.7 Å². The van der Waals surface area contributed by atoms with Crippen LogP contribution >= 0.6 is 11.8 Å². The minimum Gasteiger partial charge on any atom is -0.261 e. The van der Waals surface area contributed by atoms with Gasteiger partial charge in [-0.25, -0.2) is 0 Å². The highest BCUT2D eigenvalue weighted by molar-refractivity contribution is 7.98. The number of aromatic nitrogens is 2. The summed E-state index contributed by atoms with van der Waals surface area (Å²) in [5, 5.41) is 3.91. The Bertz CT molecular complexity index is 655. The zero-order chi connectivity index (χ0) is 16.4. The van der Waals surface area contributed by atoms with Crippen molar-refractivity contribution in [1.82, 2.24) is 9.78 Å². The summed E-state index contributed by atoms with van der Waals surface area (Å²) in [6.45, 7) is 0. The van der Waals surface area contributed by atoms with Crippen LogP contribution in [0.15, 0.2) is 35.2 Å². The molecule has 6 heteroatoms. The molecule has 1 aliphatic rings. The van der Waals surface area contributed by atoms with Crippen LogP contribution < -0.4 is 0 Å². The van der Waals surface area contributed by atoms with Crippen LogP contribution in [-0.2, 0) is 6.18 Å². The van der Waals surface area contributed by atoms with Gasteiger partial charge in [-0.15, -0.1) is 11.8 Å². The molecule has 0 bridgehead atoms. The average Bonchev–Trinajstić information content (AvgIpc) is 3.01. The number of rotatable bonds is 3. The number of thioether (sulfide) groups is 1. The molecular weight excluding hydrogens is 321 g/mol. The van der Waals surface area contributed by atoms with Gasteiger partial charge in [-0.1, -0.05) is 31.4 Å². The van der Waals surface area contributed by atoms with E-state index in [-0.39, 0.29) is 6.04 Å². The molecule has 23 heavy (non-hydrogen) atoms. The van der Waals surface area contributed by atoms with Crippen molar-refractivity contribution in [3.05, 3.63) is 36.0 Å². The van der Waals surface area contributed by atoms with Crippen molar-refractivity contribution in [2.75, 3.05) is 6.26 Å². The Morgan fingerprint density at radius 2 is 1.74 bits per heavy atom. The molecule has 0 N–H and O–H groups in total. The molecule has 1 heterocycles. The highest BCUT2D eigenvalue weighted by Gasteiger charge is 2.36. The molecule has 0 radical (unpaired) electrons. The Balaban J connectivity index is 2.03. The van der Waals surface area contributed by atoms with Gasteiger partial charge in [0.25, 0.3) is 0 Å². The first-order valence-electron chi connectivity index (χ1n) is 7.80. The molecule has 0 unspecified atom stereocenters. The number of halogens is 3. The van der Waals surface area contributed by atoms with Crippen molar-refractivity contribution in [1.29, 1.82) is 0 Å². The van der Waals surface area contributed by atoms with E-state index < -0.39 is 11.9 Å².